The zero-order valence-electron chi connectivity index (χ0n) is 13.5. The third-order valence-corrected chi connectivity index (χ3v) is 4.98. The number of hydrogen-bond donors (Lipinski definition) is 3. The van der Waals surface area contributed by atoms with Crippen LogP contribution in [0.15, 0.2) is 59.8 Å². The van der Waals surface area contributed by atoms with Crippen molar-refractivity contribution in [2.24, 2.45) is 5.73 Å². The number of benzene rings is 1. The van der Waals surface area contributed by atoms with Crippen molar-refractivity contribution < 1.29 is 4.79 Å². The largest absolute Gasteiger partial charge is 0.366 e. The van der Waals surface area contributed by atoms with Crippen LogP contribution in [-0.4, -0.2) is 25.0 Å². The number of hydrogen-bond acceptors (Lipinski definition) is 4. The summed E-state index contributed by atoms with van der Waals surface area (Å²) in [4.78, 5) is 11.6. The third-order valence-electron chi connectivity index (χ3n) is 4.98. The van der Waals surface area contributed by atoms with Gasteiger partial charge in [0.1, 0.15) is 0 Å². The molecule has 0 radical (unpaired) electrons. The summed E-state index contributed by atoms with van der Waals surface area (Å²) in [6, 6.07) is 8.51. The van der Waals surface area contributed by atoms with E-state index < -0.39 is 0 Å². The SMILES string of the molecule is NC(=O)C1=CC=CC2=CN(c3ccc([C@@H]4CCCNC4)cc3)NC21. The summed E-state index contributed by atoms with van der Waals surface area (Å²) >= 11 is 0. The smallest absolute Gasteiger partial charge is 0.246 e. The number of primary amides is 1. The van der Waals surface area contributed by atoms with E-state index in [2.05, 4.69) is 35.0 Å². The predicted molar refractivity (Wildman–Crippen MR) is 95.2 cm³/mol. The Hall–Kier alpha value is -2.37. The molecule has 4 rings (SSSR count). The molecule has 1 amide bonds. The third kappa shape index (κ3) is 2.77. The summed E-state index contributed by atoms with van der Waals surface area (Å²) in [7, 11) is 0. The molecule has 1 aromatic rings. The van der Waals surface area contributed by atoms with Crippen molar-refractivity contribution in [3.63, 3.8) is 0 Å². The molecule has 1 fully saturated rings. The average molecular weight is 322 g/mol. The molecule has 1 aliphatic carbocycles. The first kappa shape index (κ1) is 15.2. The van der Waals surface area contributed by atoms with Crippen molar-refractivity contribution in [1.82, 2.24) is 10.7 Å². The van der Waals surface area contributed by atoms with Crippen LogP contribution < -0.4 is 21.5 Å². The maximum atomic E-state index is 11.6. The van der Waals surface area contributed by atoms with E-state index in [1.54, 1.807) is 6.08 Å². The number of hydrazine groups is 1. The van der Waals surface area contributed by atoms with Crippen LogP contribution in [-0.2, 0) is 4.79 Å². The number of nitrogens with two attached hydrogens (primary N) is 1. The Bertz CT molecular complexity index is 726. The van der Waals surface area contributed by atoms with Crippen molar-refractivity contribution >= 4 is 11.6 Å². The van der Waals surface area contributed by atoms with Gasteiger partial charge in [-0.05, 0) is 48.6 Å². The second-order valence-electron chi connectivity index (χ2n) is 6.54. The minimum absolute atomic E-state index is 0.158. The molecule has 2 atom stereocenters. The molecule has 0 spiro atoms. The van der Waals surface area contributed by atoms with Gasteiger partial charge >= 0.3 is 0 Å². The molecular formula is C19H22N4O. The van der Waals surface area contributed by atoms with Crippen LogP contribution in [0.5, 0.6) is 0 Å². The van der Waals surface area contributed by atoms with Gasteiger partial charge in [0.25, 0.3) is 0 Å². The molecule has 24 heavy (non-hydrogen) atoms. The molecule has 2 heterocycles. The Morgan fingerprint density at radius 3 is 2.79 bits per heavy atom. The summed E-state index contributed by atoms with van der Waals surface area (Å²) in [6.45, 7) is 2.19. The number of nitrogens with one attached hydrogen (secondary N) is 2. The molecule has 2 aliphatic heterocycles. The maximum absolute atomic E-state index is 11.6. The number of allylic oxidation sites excluding steroid dienone is 2. The van der Waals surface area contributed by atoms with Gasteiger partial charge in [0.2, 0.25) is 5.91 Å². The molecule has 5 heteroatoms. The standard InChI is InChI=1S/C19H22N4O/c20-19(24)17-5-1-3-15-12-23(22-18(15)17)16-8-6-13(7-9-16)14-4-2-10-21-11-14/h1,3,5-9,12,14,18,21-22H,2,4,10-11H2,(H2,20,24)/t14-,18?/m1/s1. The molecule has 0 saturated carbocycles. The highest BCUT2D eigenvalue weighted by Crippen LogP contribution is 2.29. The minimum atomic E-state index is -0.384. The number of carbonyl (C=O) groups excluding carboxylic acids is 1. The molecule has 1 saturated heterocycles. The zero-order chi connectivity index (χ0) is 16.5. The van der Waals surface area contributed by atoms with Gasteiger partial charge in [0, 0.05) is 18.3 Å². The lowest BCUT2D eigenvalue weighted by Crippen LogP contribution is -2.41. The number of piperidine rings is 1. The van der Waals surface area contributed by atoms with Gasteiger partial charge in [0.15, 0.2) is 0 Å². The fraction of sp³-hybridized carbons (Fsp3) is 0.316. The van der Waals surface area contributed by atoms with Gasteiger partial charge in [-0.3, -0.25) is 9.80 Å². The predicted octanol–water partition coefficient (Wildman–Crippen LogP) is 1.71. The van der Waals surface area contributed by atoms with Gasteiger partial charge < -0.3 is 11.1 Å². The van der Waals surface area contributed by atoms with Crippen LogP contribution in [0.4, 0.5) is 5.69 Å². The van der Waals surface area contributed by atoms with Crippen molar-refractivity contribution in [3.8, 4) is 0 Å². The van der Waals surface area contributed by atoms with Crippen molar-refractivity contribution in [3.05, 3.63) is 65.4 Å². The number of rotatable bonds is 3. The Labute approximate surface area is 141 Å². The first-order valence-electron chi connectivity index (χ1n) is 8.48. The fourth-order valence-corrected chi connectivity index (χ4v) is 3.64. The van der Waals surface area contributed by atoms with E-state index >= 15 is 0 Å². The topological polar surface area (TPSA) is 70.4 Å². The van der Waals surface area contributed by atoms with E-state index in [4.69, 9.17) is 5.73 Å². The van der Waals surface area contributed by atoms with Crippen LogP contribution in [0, 0.1) is 0 Å². The summed E-state index contributed by atoms with van der Waals surface area (Å²) < 4.78 is 0. The van der Waals surface area contributed by atoms with E-state index in [0.29, 0.717) is 11.5 Å². The first-order valence-corrected chi connectivity index (χ1v) is 8.48. The van der Waals surface area contributed by atoms with Gasteiger partial charge in [-0.1, -0.05) is 30.4 Å². The molecule has 3 aliphatic rings. The molecule has 5 nitrogen and oxygen atoms in total. The zero-order valence-corrected chi connectivity index (χ0v) is 13.5. The quantitative estimate of drug-likeness (QED) is 0.792. The molecule has 4 N–H and O–H groups in total. The molecule has 1 aromatic carbocycles. The Balaban J connectivity index is 1.51. The molecule has 1 unspecified atom stereocenters. The second-order valence-corrected chi connectivity index (χ2v) is 6.54. The summed E-state index contributed by atoms with van der Waals surface area (Å²) in [6.07, 6.45) is 10.2. The summed E-state index contributed by atoms with van der Waals surface area (Å²) in [5.41, 5.74) is 12.9. The lowest BCUT2D eigenvalue weighted by molar-refractivity contribution is -0.114. The number of anilines is 1. The van der Waals surface area contributed by atoms with Gasteiger partial charge in [-0.2, -0.15) is 0 Å². The average Bonchev–Trinajstić information content (AvgIpc) is 3.06. The Morgan fingerprint density at radius 1 is 1.25 bits per heavy atom. The number of amides is 1. The van der Waals surface area contributed by atoms with E-state index in [9.17, 15) is 4.79 Å². The van der Waals surface area contributed by atoms with Crippen molar-refractivity contribution in [1.29, 1.82) is 0 Å². The maximum Gasteiger partial charge on any atom is 0.246 e. The lowest BCUT2D eigenvalue weighted by Gasteiger charge is -2.25. The lowest BCUT2D eigenvalue weighted by atomic mass is 9.91. The highest BCUT2D eigenvalue weighted by atomic mass is 16.1. The van der Waals surface area contributed by atoms with Crippen LogP contribution in [0.25, 0.3) is 0 Å². The fourth-order valence-electron chi connectivity index (χ4n) is 3.64. The number of carbonyl (C=O) groups is 1. The summed E-state index contributed by atoms with van der Waals surface area (Å²) in [5.74, 6) is 0.220. The van der Waals surface area contributed by atoms with Crippen molar-refractivity contribution in [2.45, 2.75) is 24.8 Å². The van der Waals surface area contributed by atoms with Crippen LogP contribution in [0.1, 0.15) is 24.3 Å². The van der Waals surface area contributed by atoms with E-state index in [1.165, 1.54) is 18.4 Å². The Kier molecular flexibility index (Phi) is 3.96. The molecule has 0 aromatic heterocycles. The van der Waals surface area contributed by atoms with E-state index in [0.717, 1.165) is 24.4 Å². The minimum Gasteiger partial charge on any atom is -0.366 e. The van der Waals surface area contributed by atoms with Gasteiger partial charge in [-0.25, -0.2) is 5.43 Å². The number of fused-ring (bicyclic) bond motifs is 1. The normalized spacial score (nSPS) is 25.9. The molecular weight excluding hydrogens is 300 g/mol. The monoisotopic (exact) mass is 322 g/mol. The molecule has 0 bridgehead atoms. The van der Waals surface area contributed by atoms with Crippen molar-refractivity contribution in [2.75, 3.05) is 18.1 Å². The van der Waals surface area contributed by atoms with Gasteiger partial charge in [0.05, 0.1) is 11.7 Å². The molecule has 124 valence electrons. The van der Waals surface area contributed by atoms with Crippen LogP contribution in [0.3, 0.4) is 0 Å². The van der Waals surface area contributed by atoms with E-state index in [1.807, 2.05) is 23.4 Å². The van der Waals surface area contributed by atoms with Gasteiger partial charge in [-0.15, -0.1) is 0 Å². The summed E-state index contributed by atoms with van der Waals surface area (Å²) in [5, 5.41) is 5.43. The Morgan fingerprint density at radius 2 is 2.08 bits per heavy atom. The second kappa shape index (κ2) is 6.26. The van der Waals surface area contributed by atoms with E-state index in [-0.39, 0.29) is 11.9 Å². The first-order chi connectivity index (χ1) is 11.7. The van der Waals surface area contributed by atoms with Crippen LogP contribution in [0.2, 0.25) is 0 Å². The highest BCUT2D eigenvalue weighted by Gasteiger charge is 2.30. The highest BCUT2D eigenvalue weighted by molar-refractivity contribution is 5.95. The number of nitrogens with zero attached hydrogens (tertiary/aromatic N) is 1. The van der Waals surface area contributed by atoms with Crippen LogP contribution >= 0.6 is 0 Å².